The molecular weight excluding hydrogens is 524 g/mol. The van der Waals surface area contributed by atoms with Gasteiger partial charge in [0, 0.05) is 90.8 Å². The van der Waals surface area contributed by atoms with Crippen LogP contribution in [0.4, 0.5) is 10.1 Å². The van der Waals surface area contributed by atoms with Gasteiger partial charge < -0.3 is 19.6 Å². The summed E-state index contributed by atoms with van der Waals surface area (Å²) < 4.78 is 18.0. The minimum Gasteiger partial charge on any atom is -0.369 e. The Kier molecular flexibility index (Phi) is 9.54. The molecular formula is C22H33FIN7O. The first kappa shape index (κ1) is 24.7. The molecule has 2 aliphatic rings. The van der Waals surface area contributed by atoms with Gasteiger partial charge in [-0.15, -0.1) is 24.0 Å². The normalized spacial score (nSPS) is 18.5. The molecule has 1 aromatic heterocycles. The predicted molar refractivity (Wildman–Crippen MR) is 135 cm³/mol. The van der Waals surface area contributed by atoms with Crippen LogP contribution in [0.5, 0.6) is 0 Å². The zero-order valence-electron chi connectivity index (χ0n) is 18.6. The van der Waals surface area contributed by atoms with Crippen molar-refractivity contribution in [2.24, 2.45) is 4.99 Å². The van der Waals surface area contributed by atoms with Crippen molar-refractivity contribution in [3.8, 4) is 0 Å². The van der Waals surface area contributed by atoms with Gasteiger partial charge in [0.1, 0.15) is 12.1 Å². The van der Waals surface area contributed by atoms with E-state index in [-0.39, 0.29) is 29.8 Å². The summed E-state index contributed by atoms with van der Waals surface area (Å²) in [6.07, 6.45) is 1.63. The number of nitrogens with zero attached hydrogens (tertiary/aromatic N) is 6. The highest BCUT2D eigenvalue weighted by atomic mass is 127. The summed E-state index contributed by atoms with van der Waals surface area (Å²) in [7, 11) is 1.85. The van der Waals surface area contributed by atoms with E-state index in [2.05, 4.69) is 35.1 Å². The molecule has 0 amide bonds. The summed E-state index contributed by atoms with van der Waals surface area (Å²) in [5.74, 6) is 0.796. The number of aromatic nitrogens is 1. The first-order chi connectivity index (χ1) is 15.2. The summed E-state index contributed by atoms with van der Waals surface area (Å²) in [5.41, 5.74) is 2.08. The first-order valence-electron chi connectivity index (χ1n) is 11.0. The average Bonchev–Trinajstić information content (AvgIpc) is 3.32. The van der Waals surface area contributed by atoms with Crippen LogP contribution in [0.15, 0.2) is 46.1 Å². The Morgan fingerprint density at radius 2 is 1.69 bits per heavy atom. The van der Waals surface area contributed by atoms with E-state index in [1.54, 1.807) is 6.26 Å². The topological polar surface area (TPSA) is 63.4 Å². The number of hydrogen-bond donors (Lipinski definition) is 1. The van der Waals surface area contributed by atoms with Crippen LogP contribution in [0, 0.1) is 5.82 Å². The molecule has 0 unspecified atom stereocenters. The first-order valence-corrected chi connectivity index (χ1v) is 11.0. The predicted octanol–water partition coefficient (Wildman–Crippen LogP) is 1.95. The van der Waals surface area contributed by atoms with Crippen molar-refractivity contribution in [2.75, 3.05) is 77.4 Å². The molecule has 2 saturated heterocycles. The zero-order chi connectivity index (χ0) is 21.5. The van der Waals surface area contributed by atoms with E-state index in [0.717, 1.165) is 89.3 Å². The summed E-state index contributed by atoms with van der Waals surface area (Å²) in [4.78, 5) is 14.0. The van der Waals surface area contributed by atoms with Crippen molar-refractivity contribution < 1.29 is 8.91 Å². The number of guanidine groups is 1. The van der Waals surface area contributed by atoms with E-state index in [9.17, 15) is 4.39 Å². The summed E-state index contributed by atoms with van der Waals surface area (Å²) in [6, 6.07) is 8.72. The lowest BCUT2D eigenvalue weighted by Crippen LogP contribution is -2.53. The Labute approximate surface area is 206 Å². The molecule has 1 aromatic carbocycles. The number of halogens is 2. The fraction of sp³-hybridized carbons (Fsp3) is 0.545. The Bertz CT molecular complexity index is 817. The van der Waals surface area contributed by atoms with E-state index in [4.69, 9.17) is 4.52 Å². The highest BCUT2D eigenvalue weighted by molar-refractivity contribution is 14.0. The van der Waals surface area contributed by atoms with Gasteiger partial charge in [-0.2, -0.15) is 0 Å². The van der Waals surface area contributed by atoms with Crippen LogP contribution in [0.2, 0.25) is 0 Å². The quantitative estimate of drug-likeness (QED) is 0.331. The SMILES string of the molecule is CN=C(NCCN1CCN(c2ccc(F)cc2)CC1)N1CCN(Cc2ccon2)CC1.I. The number of aliphatic imine (C=N–C) groups is 1. The highest BCUT2D eigenvalue weighted by Crippen LogP contribution is 2.16. The fourth-order valence-electron chi connectivity index (χ4n) is 4.21. The molecule has 0 bridgehead atoms. The van der Waals surface area contributed by atoms with Gasteiger partial charge in [0.05, 0.1) is 5.69 Å². The van der Waals surface area contributed by atoms with E-state index in [1.165, 1.54) is 12.1 Å². The van der Waals surface area contributed by atoms with Crippen LogP contribution in [0.3, 0.4) is 0 Å². The van der Waals surface area contributed by atoms with Crippen molar-refractivity contribution in [2.45, 2.75) is 6.54 Å². The van der Waals surface area contributed by atoms with Crippen molar-refractivity contribution >= 4 is 35.6 Å². The van der Waals surface area contributed by atoms with Gasteiger partial charge in [-0.25, -0.2) is 4.39 Å². The maximum Gasteiger partial charge on any atom is 0.193 e. The Balaban J connectivity index is 0.00000289. The largest absolute Gasteiger partial charge is 0.369 e. The lowest BCUT2D eigenvalue weighted by atomic mass is 10.2. The van der Waals surface area contributed by atoms with Crippen molar-refractivity contribution in [1.82, 2.24) is 25.2 Å². The van der Waals surface area contributed by atoms with Crippen LogP contribution in [0.25, 0.3) is 0 Å². The van der Waals surface area contributed by atoms with Gasteiger partial charge in [0.25, 0.3) is 0 Å². The van der Waals surface area contributed by atoms with Gasteiger partial charge in [0.2, 0.25) is 0 Å². The average molecular weight is 557 g/mol. The van der Waals surface area contributed by atoms with Crippen LogP contribution < -0.4 is 10.2 Å². The van der Waals surface area contributed by atoms with E-state index >= 15 is 0 Å². The zero-order valence-corrected chi connectivity index (χ0v) is 21.0. The van der Waals surface area contributed by atoms with Crippen molar-refractivity contribution in [3.63, 3.8) is 0 Å². The molecule has 8 nitrogen and oxygen atoms in total. The van der Waals surface area contributed by atoms with E-state index in [0.29, 0.717) is 0 Å². The number of anilines is 1. The van der Waals surface area contributed by atoms with Crippen LogP contribution in [-0.2, 0) is 6.54 Å². The molecule has 0 atom stereocenters. The number of piperazine rings is 2. The second-order valence-corrected chi connectivity index (χ2v) is 8.03. The number of hydrogen-bond acceptors (Lipinski definition) is 6. The molecule has 2 aliphatic heterocycles. The summed E-state index contributed by atoms with van der Waals surface area (Å²) in [6.45, 7) is 10.5. The molecule has 10 heteroatoms. The Morgan fingerprint density at radius 3 is 2.31 bits per heavy atom. The van der Waals surface area contributed by atoms with Crippen molar-refractivity contribution in [3.05, 3.63) is 48.1 Å². The molecule has 4 rings (SSSR count). The maximum absolute atomic E-state index is 13.1. The van der Waals surface area contributed by atoms with Gasteiger partial charge in [-0.05, 0) is 24.3 Å². The number of benzene rings is 1. The molecule has 1 N–H and O–H groups in total. The molecule has 0 radical (unpaired) electrons. The molecule has 3 heterocycles. The lowest BCUT2D eigenvalue weighted by molar-refractivity contribution is 0.168. The lowest BCUT2D eigenvalue weighted by Gasteiger charge is -2.37. The summed E-state index contributed by atoms with van der Waals surface area (Å²) >= 11 is 0. The minimum atomic E-state index is -0.182. The Morgan fingerprint density at radius 1 is 1.00 bits per heavy atom. The van der Waals surface area contributed by atoms with Gasteiger partial charge >= 0.3 is 0 Å². The molecule has 176 valence electrons. The van der Waals surface area contributed by atoms with Crippen molar-refractivity contribution in [1.29, 1.82) is 0 Å². The minimum absolute atomic E-state index is 0. The standard InChI is InChI=1S/C22H32FN7O.HI/c1-24-22(30-15-11-28(12-16-30)18-20-6-17-31-26-20)25-7-8-27-9-13-29(14-10-27)21-4-2-19(23)3-5-21;/h2-6,17H,7-16,18H2,1H3,(H,24,25);1H. The smallest absolute Gasteiger partial charge is 0.193 e. The van der Waals surface area contributed by atoms with E-state index < -0.39 is 0 Å². The molecule has 2 aromatic rings. The third kappa shape index (κ3) is 6.79. The van der Waals surface area contributed by atoms with Crippen LogP contribution >= 0.6 is 24.0 Å². The number of rotatable bonds is 6. The monoisotopic (exact) mass is 557 g/mol. The second kappa shape index (κ2) is 12.4. The molecule has 0 saturated carbocycles. The van der Waals surface area contributed by atoms with Gasteiger partial charge in [-0.3, -0.25) is 14.8 Å². The third-order valence-corrected chi connectivity index (χ3v) is 6.04. The maximum atomic E-state index is 13.1. The third-order valence-electron chi connectivity index (χ3n) is 6.04. The second-order valence-electron chi connectivity index (χ2n) is 8.03. The van der Waals surface area contributed by atoms with E-state index in [1.807, 2.05) is 25.2 Å². The van der Waals surface area contributed by atoms with Gasteiger partial charge in [0.15, 0.2) is 5.96 Å². The summed E-state index contributed by atoms with van der Waals surface area (Å²) in [5, 5.41) is 7.53. The highest BCUT2D eigenvalue weighted by Gasteiger charge is 2.21. The number of nitrogens with one attached hydrogen (secondary N) is 1. The van der Waals surface area contributed by atoms with Gasteiger partial charge in [-0.1, -0.05) is 5.16 Å². The molecule has 0 spiro atoms. The molecule has 0 aliphatic carbocycles. The molecule has 2 fully saturated rings. The Hall–Kier alpha value is -1.92. The molecule has 32 heavy (non-hydrogen) atoms. The fourth-order valence-corrected chi connectivity index (χ4v) is 4.21. The van der Waals surface area contributed by atoms with Crippen LogP contribution in [0.1, 0.15) is 5.69 Å². The van der Waals surface area contributed by atoms with Crippen LogP contribution in [-0.4, -0.2) is 98.3 Å².